The van der Waals surface area contributed by atoms with E-state index in [9.17, 15) is 18.3 Å². The second-order valence-corrected chi connectivity index (χ2v) is 7.22. The maximum atomic E-state index is 12.9. The number of benzene rings is 1. The fraction of sp³-hybridized carbons (Fsp3) is 0.429. The van der Waals surface area contributed by atoms with E-state index in [-0.39, 0.29) is 16.8 Å². The zero-order chi connectivity index (χ0) is 21.7. The van der Waals surface area contributed by atoms with Crippen molar-refractivity contribution in [3.05, 3.63) is 35.7 Å². The van der Waals surface area contributed by atoms with E-state index in [4.69, 9.17) is 5.26 Å². The second kappa shape index (κ2) is 9.11. The highest BCUT2D eigenvalue weighted by atomic mass is 19.4. The second-order valence-electron chi connectivity index (χ2n) is 7.22. The summed E-state index contributed by atoms with van der Waals surface area (Å²) in [5.41, 5.74) is 0.653. The van der Waals surface area contributed by atoms with Gasteiger partial charge in [-0.15, -0.1) is 0 Å². The number of hydrogen-bond acceptors (Lipinski definition) is 5. The lowest BCUT2D eigenvalue weighted by molar-refractivity contribution is -0.137. The highest BCUT2D eigenvalue weighted by molar-refractivity contribution is 5.76. The number of halogens is 3. The van der Waals surface area contributed by atoms with E-state index in [0.717, 1.165) is 18.9 Å². The van der Waals surface area contributed by atoms with Crippen LogP contribution in [-0.4, -0.2) is 24.9 Å². The number of nitrogens with zero attached hydrogens (tertiary/aromatic N) is 5. The summed E-state index contributed by atoms with van der Waals surface area (Å²) in [6.45, 7) is 2.09. The largest absolute Gasteiger partial charge is 0.507 e. The van der Waals surface area contributed by atoms with Crippen LogP contribution in [0.5, 0.6) is 5.75 Å². The number of alkyl halides is 3. The standard InChI is InChI=1S/C18H16F3N5O.C3H6/c1-11-7-12(18(19,20)21)8-15(27)16(11)13-9-23-14-10-26(25-17(14)24-13)6-4-2-3-5-22;1-2-3-1/h7-10,27H,2-4,6H2,1H3;1-3H2. The van der Waals surface area contributed by atoms with Crippen molar-refractivity contribution in [3.63, 3.8) is 0 Å². The molecule has 4 rings (SSSR count). The first-order valence-corrected chi connectivity index (χ1v) is 9.78. The van der Waals surface area contributed by atoms with Gasteiger partial charge in [0, 0.05) is 18.5 Å². The Morgan fingerprint density at radius 3 is 2.53 bits per heavy atom. The summed E-state index contributed by atoms with van der Waals surface area (Å²) in [5.74, 6) is -0.507. The molecule has 0 saturated heterocycles. The van der Waals surface area contributed by atoms with E-state index >= 15 is 0 Å². The minimum Gasteiger partial charge on any atom is -0.507 e. The highest BCUT2D eigenvalue weighted by Crippen LogP contribution is 2.38. The van der Waals surface area contributed by atoms with Crippen molar-refractivity contribution in [1.82, 2.24) is 19.7 Å². The fourth-order valence-electron chi connectivity index (χ4n) is 2.82. The Hall–Kier alpha value is -3.15. The first-order chi connectivity index (χ1) is 14.3. The zero-order valence-electron chi connectivity index (χ0n) is 16.6. The minimum atomic E-state index is -4.54. The van der Waals surface area contributed by atoms with Gasteiger partial charge in [-0.2, -0.15) is 23.5 Å². The molecule has 1 saturated carbocycles. The van der Waals surface area contributed by atoms with Crippen LogP contribution in [0.25, 0.3) is 22.4 Å². The molecular formula is C21H22F3N5O. The maximum Gasteiger partial charge on any atom is 0.416 e. The van der Waals surface area contributed by atoms with Gasteiger partial charge in [-0.3, -0.25) is 4.68 Å². The third-order valence-corrected chi connectivity index (χ3v) is 4.45. The van der Waals surface area contributed by atoms with Crippen LogP contribution in [-0.2, 0) is 12.7 Å². The smallest absolute Gasteiger partial charge is 0.416 e. The molecule has 0 radical (unpaired) electrons. The van der Waals surface area contributed by atoms with Crippen LogP contribution >= 0.6 is 0 Å². The van der Waals surface area contributed by atoms with E-state index in [0.29, 0.717) is 30.2 Å². The lowest BCUT2D eigenvalue weighted by Crippen LogP contribution is -2.05. The summed E-state index contributed by atoms with van der Waals surface area (Å²) in [6, 6.07) is 3.73. The maximum absolute atomic E-state index is 12.9. The van der Waals surface area contributed by atoms with Crippen molar-refractivity contribution in [1.29, 1.82) is 5.26 Å². The van der Waals surface area contributed by atoms with Gasteiger partial charge in [0.2, 0.25) is 0 Å². The molecule has 30 heavy (non-hydrogen) atoms. The predicted octanol–water partition coefficient (Wildman–Crippen LogP) is 5.39. The van der Waals surface area contributed by atoms with Crippen LogP contribution in [0.2, 0.25) is 0 Å². The molecule has 1 aliphatic rings. The molecule has 0 amide bonds. The Balaban J connectivity index is 0.000000782. The summed E-state index contributed by atoms with van der Waals surface area (Å²) in [6.07, 6.45) is 5.11. The van der Waals surface area contributed by atoms with Crippen molar-refractivity contribution < 1.29 is 18.3 Å². The number of aryl methyl sites for hydroxylation is 2. The fourth-order valence-corrected chi connectivity index (χ4v) is 2.82. The molecule has 0 atom stereocenters. The first-order valence-electron chi connectivity index (χ1n) is 9.78. The Morgan fingerprint density at radius 2 is 1.93 bits per heavy atom. The number of nitriles is 1. The molecule has 0 aliphatic heterocycles. The van der Waals surface area contributed by atoms with Gasteiger partial charge in [-0.05, 0) is 37.5 Å². The van der Waals surface area contributed by atoms with Gasteiger partial charge in [-0.25, -0.2) is 9.97 Å². The molecule has 0 spiro atoms. The van der Waals surface area contributed by atoms with E-state index in [1.54, 1.807) is 10.9 Å². The van der Waals surface area contributed by atoms with Crippen molar-refractivity contribution in [2.45, 2.75) is 58.2 Å². The van der Waals surface area contributed by atoms with Crippen molar-refractivity contribution in [2.24, 2.45) is 0 Å². The van der Waals surface area contributed by atoms with Crippen LogP contribution in [0.15, 0.2) is 24.5 Å². The monoisotopic (exact) mass is 417 g/mol. The van der Waals surface area contributed by atoms with Crippen LogP contribution in [0.3, 0.4) is 0 Å². The van der Waals surface area contributed by atoms with E-state index in [1.807, 2.05) is 0 Å². The quantitative estimate of drug-likeness (QED) is 0.562. The topological polar surface area (TPSA) is 87.6 Å². The zero-order valence-corrected chi connectivity index (χ0v) is 16.6. The number of phenolic OH excluding ortho intramolecular Hbond substituents is 1. The molecule has 0 unspecified atom stereocenters. The number of hydrogen-bond donors (Lipinski definition) is 1. The average molecular weight is 417 g/mol. The van der Waals surface area contributed by atoms with Crippen LogP contribution in [0, 0.1) is 18.3 Å². The number of rotatable bonds is 5. The Kier molecular flexibility index (Phi) is 6.55. The molecule has 0 bridgehead atoms. The molecule has 2 aromatic heterocycles. The molecular weight excluding hydrogens is 395 g/mol. The van der Waals surface area contributed by atoms with Gasteiger partial charge < -0.3 is 5.11 Å². The molecule has 1 fully saturated rings. The van der Waals surface area contributed by atoms with Gasteiger partial charge in [0.1, 0.15) is 11.3 Å². The Bertz CT molecular complexity index is 1040. The highest BCUT2D eigenvalue weighted by Gasteiger charge is 2.32. The predicted molar refractivity (Wildman–Crippen MR) is 105 cm³/mol. The van der Waals surface area contributed by atoms with Crippen LogP contribution < -0.4 is 0 Å². The molecule has 158 valence electrons. The number of unbranched alkanes of at least 4 members (excludes halogenated alkanes) is 2. The summed E-state index contributed by atoms with van der Waals surface area (Å²) in [4.78, 5) is 8.58. The Labute approximate surface area is 172 Å². The Morgan fingerprint density at radius 1 is 1.20 bits per heavy atom. The number of aromatic hydroxyl groups is 1. The average Bonchev–Trinajstić information content (AvgIpc) is 3.50. The lowest BCUT2D eigenvalue weighted by atomic mass is 10.0. The van der Waals surface area contributed by atoms with Gasteiger partial charge in [0.25, 0.3) is 0 Å². The molecule has 1 N–H and O–H groups in total. The third kappa shape index (κ3) is 5.47. The number of fused-ring (bicyclic) bond motifs is 1. The van der Waals surface area contributed by atoms with Gasteiger partial charge in [0.15, 0.2) is 5.65 Å². The van der Waals surface area contributed by atoms with E-state index < -0.39 is 17.5 Å². The van der Waals surface area contributed by atoms with Crippen molar-refractivity contribution >= 4 is 11.2 Å². The molecule has 2 heterocycles. The molecule has 3 aromatic rings. The van der Waals surface area contributed by atoms with E-state index in [1.165, 1.54) is 32.4 Å². The first kappa shape index (κ1) is 21.6. The van der Waals surface area contributed by atoms with Crippen molar-refractivity contribution in [2.75, 3.05) is 0 Å². The van der Waals surface area contributed by atoms with Gasteiger partial charge >= 0.3 is 6.18 Å². The molecule has 9 heteroatoms. The summed E-state index contributed by atoms with van der Waals surface area (Å²) in [5, 5.41) is 23.0. The normalized spacial score (nSPS) is 12.9. The number of phenols is 1. The van der Waals surface area contributed by atoms with Crippen molar-refractivity contribution in [3.8, 4) is 23.1 Å². The van der Waals surface area contributed by atoms with Crippen LogP contribution in [0.1, 0.15) is 49.7 Å². The molecule has 1 aromatic carbocycles. The molecule has 1 aliphatic carbocycles. The van der Waals surface area contributed by atoms with Gasteiger partial charge in [0.05, 0.1) is 29.7 Å². The lowest BCUT2D eigenvalue weighted by Gasteiger charge is -2.12. The number of aromatic nitrogens is 4. The SMILES string of the molecule is C1CC1.Cc1cc(C(F)(F)F)cc(O)c1-c1cnc2cn(CCCCC#N)nc2n1. The summed E-state index contributed by atoms with van der Waals surface area (Å²) in [7, 11) is 0. The minimum absolute atomic E-state index is 0.195. The summed E-state index contributed by atoms with van der Waals surface area (Å²) >= 11 is 0. The van der Waals surface area contributed by atoms with Gasteiger partial charge in [-0.1, -0.05) is 19.3 Å². The van der Waals surface area contributed by atoms with Crippen LogP contribution in [0.4, 0.5) is 13.2 Å². The summed E-state index contributed by atoms with van der Waals surface area (Å²) < 4.78 is 40.3. The third-order valence-electron chi connectivity index (χ3n) is 4.45. The van der Waals surface area contributed by atoms with E-state index in [2.05, 4.69) is 21.1 Å². The molecule has 6 nitrogen and oxygen atoms in total.